The number of nitrogens with zero attached hydrogens (tertiary/aromatic N) is 2. The van der Waals surface area contributed by atoms with Crippen LogP contribution in [-0.2, 0) is 12.1 Å². The molecule has 1 heterocycles. The monoisotopic (exact) mass is 353 g/mol. The van der Waals surface area contributed by atoms with Gasteiger partial charge in [0.1, 0.15) is 6.54 Å². The van der Waals surface area contributed by atoms with E-state index in [1.54, 1.807) is 0 Å². The summed E-state index contributed by atoms with van der Waals surface area (Å²) >= 11 is 0. The molecule has 1 aliphatic heterocycles. The largest absolute Gasteiger partial charge is 0.254 e. The quantitative estimate of drug-likeness (QED) is 0.596. The van der Waals surface area contributed by atoms with Gasteiger partial charge in [-0.2, -0.15) is 0 Å². The van der Waals surface area contributed by atoms with Crippen molar-refractivity contribution in [2.45, 2.75) is 31.5 Å². The molecule has 0 unspecified atom stereocenters. The Bertz CT molecular complexity index is 1000. The van der Waals surface area contributed by atoms with Crippen LogP contribution in [0.5, 0.6) is 0 Å². The van der Waals surface area contributed by atoms with Crippen molar-refractivity contribution in [2.24, 2.45) is 0 Å². The standard InChI is InChI=1S/C25H25N2/c1-24(2)25(26(3)18-27(24)17-19-11-5-4-6-12-19)22-15-9-7-13-20(22)21-14-8-10-16-23(21)25/h4-16,18H,17H2,1-3H3/q+1. The average molecular weight is 353 g/mol. The molecule has 3 aromatic carbocycles. The second-order valence-electron chi connectivity index (χ2n) is 8.20. The predicted octanol–water partition coefficient (Wildman–Crippen LogP) is 4.88. The van der Waals surface area contributed by atoms with Crippen LogP contribution in [0.4, 0.5) is 0 Å². The second-order valence-corrected chi connectivity index (χ2v) is 8.20. The number of benzene rings is 3. The van der Waals surface area contributed by atoms with Gasteiger partial charge in [-0.15, -0.1) is 0 Å². The molecule has 2 heteroatoms. The van der Waals surface area contributed by atoms with E-state index in [1.807, 2.05) is 0 Å². The lowest BCUT2D eigenvalue weighted by Crippen LogP contribution is -2.55. The predicted molar refractivity (Wildman–Crippen MR) is 111 cm³/mol. The zero-order valence-corrected chi connectivity index (χ0v) is 16.2. The van der Waals surface area contributed by atoms with E-state index >= 15 is 0 Å². The fraction of sp³-hybridized carbons (Fsp3) is 0.240. The zero-order valence-electron chi connectivity index (χ0n) is 16.2. The van der Waals surface area contributed by atoms with Crippen molar-refractivity contribution in [2.75, 3.05) is 7.05 Å². The van der Waals surface area contributed by atoms with Crippen molar-refractivity contribution in [3.05, 3.63) is 95.6 Å². The summed E-state index contributed by atoms with van der Waals surface area (Å²) in [5, 5.41) is 0. The van der Waals surface area contributed by atoms with Crippen molar-refractivity contribution >= 4 is 6.34 Å². The Morgan fingerprint density at radius 2 is 1.26 bits per heavy atom. The highest BCUT2D eigenvalue weighted by Crippen LogP contribution is 2.57. The zero-order chi connectivity index (χ0) is 18.6. The van der Waals surface area contributed by atoms with Crippen LogP contribution in [0.1, 0.15) is 30.5 Å². The van der Waals surface area contributed by atoms with Crippen LogP contribution < -0.4 is 0 Å². The molecule has 0 aromatic heterocycles. The van der Waals surface area contributed by atoms with Gasteiger partial charge in [0.15, 0.2) is 11.1 Å². The van der Waals surface area contributed by atoms with Crippen LogP contribution in [0.2, 0.25) is 0 Å². The molecular formula is C25H25N2+. The van der Waals surface area contributed by atoms with Crippen molar-refractivity contribution in [1.29, 1.82) is 0 Å². The number of hydrogen-bond donors (Lipinski definition) is 0. The Morgan fingerprint density at radius 1 is 0.741 bits per heavy atom. The molecule has 2 nitrogen and oxygen atoms in total. The van der Waals surface area contributed by atoms with Crippen LogP contribution in [0.25, 0.3) is 11.1 Å². The summed E-state index contributed by atoms with van der Waals surface area (Å²) in [6, 6.07) is 28.6. The van der Waals surface area contributed by atoms with Crippen LogP contribution in [-0.4, -0.2) is 28.4 Å². The highest BCUT2D eigenvalue weighted by Gasteiger charge is 2.65. The number of hydrogen-bond acceptors (Lipinski definition) is 1. The third-order valence-corrected chi connectivity index (χ3v) is 6.56. The van der Waals surface area contributed by atoms with Gasteiger partial charge in [-0.05, 0) is 30.5 Å². The minimum absolute atomic E-state index is 0.0969. The molecule has 2 aliphatic rings. The minimum Gasteiger partial charge on any atom is -0.254 e. The topological polar surface area (TPSA) is 6.25 Å². The smallest absolute Gasteiger partial charge is 0.235 e. The molecule has 0 bridgehead atoms. The molecular weight excluding hydrogens is 328 g/mol. The molecule has 0 amide bonds. The van der Waals surface area contributed by atoms with Crippen LogP contribution in [0, 0.1) is 0 Å². The first kappa shape index (κ1) is 16.3. The maximum atomic E-state index is 2.50. The van der Waals surface area contributed by atoms with Crippen LogP contribution in [0.3, 0.4) is 0 Å². The maximum absolute atomic E-state index is 2.50. The molecule has 0 saturated carbocycles. The fourth-order valence-electron chi connectivity index (χ4n) is 5.35. The molecule has 0 atom stereocenters. The number of rotatable bonds is 2. The number of likely N-dealkylation sites (N-methyl/N-ethyl adjacent to an activating group) is 1. The molecule has 0 fully saturated rings. The Balaban J connectivity index is 1.72. The van der Waals surface area contributed by atoms with E-state index in [9.17, 15) is 0 Å². The maximum Gasteiger partial charge on any atom is 0.235 e. The molecule has 0 N–H and O–H groups in total. The summed E-state index contributed by atoms with van der Waals surface area (Å²) in [4.78, 5) is 2.50. The molecule has 5 rings (SSSR count). The van der Waals surface area contributed by atoms with E-state index in [4.69, 9.17) is 0 Å². The lowest BCUT2D eigenvalue weighted by atomic mass is 9.72. The van der Waals surface area contributed by atoms with Crippen LogP contribution in [0.15, 0.2) is 78.9 Å². The molecule has 0 saturated heterocycles. The van der Waals surface area contributed by atoms with Gasteiger partial charge >= 0.3 is 0 Å². The molecule has 1 aliphatic carbocycles. The van der Waals surface area contributed by atoms with Gasteiger partial charge in [0, 0.05) is 11.1 Å². The molecule has 0 radical (unpaired) electrons. The summed E-state index contributed by atoms with van der Waals surface area (Å²) in [6.45, 7) is 5.67. The van der Waals surface area contributed by atoms with E-state index in [0.29, 0.717) is 0 Å². The van der Waals surface area contributed by atoms with Crippen LogP contribution >= 0.6 is 0 Å². The first-order valence-corrected chi connectivity index (χ1v) is 9.65. The van der Waals surface area contributed by atoms with E-state index in [2.05, 4.69) is 116 Å². The second kappa shape index (κ2) is 5.56. The molecule has 1 spiro atoms. The van der Waals surface area contributed by atoms with Gasteiger partial charge in [0.05, 0.1) is 7.05 Å². The Morgan fingerprint density at radius 3 is 1.85 bits per heavy atom. The Hall–Kier alpha value is -2.87. The third kappa shape index (κ3) is 1.98. The van der Waals surface area contributed by atoms with Gasteiger partial charge in [-0.1, -0.05) is 78.9 Å². The SMILES string of the molecule is C[N+]1=CN(Cc2ccccc2)C(C)(C)C12c1ccccc1-c1ccccc12. The lowest BCUT2D eigenvalue weighted by molar-refractivity contribution is -0.575. The van der Waals surface area contributed by atoms with Crippen molar-refractivity contribution < 1.29 is 4.58 Å². The van der Waals surface area contributed by atoms with Gasteiger partial charge in [0.2, 0.25) is 6.34 Å². The van der Waals surface area contributed by atoms with E-state index in [1.165, 1.54) is 27.8 Å². The van der Waals surface area contributed by atoms with Crippen molar-refractivity contribution in [3.8, 4) is 11.1 Å². The van der Waals surface area contributed by atoms with E-state index in [0.717, 1.165) is 6.54 Å². The molecule has 134 valence electrons. The van der Waals surface area contributed by atoms with E-state index < -0.39 is 0 Å². The summed E-state index contributed by atoms with van der Waals surface area (Å²) in [5.41, 5.74) is 6.60. The first-order chi connectivity index (χ1) is 13.1. The summed E-state index contributed by atoms with van der Waals surface area (Å²) in [7, 11) is 2.23. The highest BCUT2D eigenvalue weighted by atomic mass is 15.4. The molecule has 3 aromatic rings. The normalized spacial score (nSPS) is 18.3. The summed E-state index contributed by atoms with van der Waals surface area (Å²) < 4.78 is 2.43. The van der Waals surface area contributed by atoms with E-state index in [-0.39, 0.29) is 11.1 Å². The molecule has 27 heavy (non-hydrogen) atoms. The number of fused-ring (bicyclic) bond motifs is 5. The average Bonchev–Trinajstić information content (AvgIpc) is 3.10. The van der Waals surface area contributed by atoms with Gasteiger partial charge in [-0.25, -0.2) is 0 Å². The highest BCUT2D eigenvalue weighted by molar-refractivity contribution is 5.82. The Labute approximate surface area is 161 Å². The van der Waals surface area contributed by atoms with Gasteiger partial charge in [0.25, 0.3) is 0 Å². The fourth-order valence-corrected chi connectivity index (χ4v) is 5.35. The van der Waals surface area contributed by atoms with Crippen molar-refractivity contribution in [3.63, 3.8) is 0 Å². The first-order valence-electron chi connectivity index (χ1n) is 9.65. The van der Waals surface area contributed by atoms with Crippen molar-refractivity contribution in [1.82, 2.24) is 4.90 Å². The minimum atomic E-state index is -0.186. The van der Waals surface area contributed by atoms with Gasteiger partial charge in [-0.3, -0.25) is 9.48 Å². The summed E-state index contributed by atoms with van der Waals surface area (Å²) in [5.74, 6) is 0. The Kier molecular flexibility index (Phi) is 3.36. The lowest BCUT2D eigenvalue weighted by Gasteiger charge is -2.39. The summed E-state index contributed by atoms with van der Waals surface area (Å²) in [6.07, 6.45) is 2.31. The van der Waals surface area contributed by atoms with Gasteiger partial charge < -0.3 is 0 Å². The third-order valence-electron chi connectivity index (χ3n) is 6.56.